The molecule has 1 saturated heterocycles. The zero-order valence-electron chi connectivity index (χ0n) is 15.4. The molecule has 2 aromatic carbocycles. The van der Waals surface area contributed by atoms with Crippen LogP contribution in [0.25, 0.3) is 0 Å². The molecule has 0 aromatic heterocycles. The average Bonchev–Trinajstić information content (AvgIpc) is 3.24. The van der Waals surface area contributed by atoms with E-state index in [1.807, 2.05) is 0 Å². The second-order valence-electron chi connectivity index (χ2n) is 6.46. The van der Waals surface area contributed by atoms with Gasteiger partial charge in [-0.05, 0) is 24.6 Å². The van der Waals surface area contributed by atoms with E-state index in [4.69, 9.17) is 9.47 Å². The maximum Gasteiger partial charge on any atom is 0.263 e. The number of rotatable bonds is 4. The highest BCUT2D eigenvalue weighted by Gasteiger charge is 2.55. The summed E-state index contributed by atoms with van der Waals surface area (Å²) < 4.78 is 24.5. The molecule has 0 bridgehead atoms. The number of anilines is 2. The number of halogens is 1. The Morgan fingerprint density at radius 1 is 0.964 bits per heavy atom. The van der Waals surface area contributed by atoms with Gasteiger partial charge in [-0.3, -0.25) is 9.59 Å². The van der Waals surface area contributed by atoms with Crippen molar-refractivity contribution in [1.29, 1.82) is 0 Å². The average molecular weight is 384 g/mol. The minimum Gasteiger partial charge on any atom is -0.497 e. The minimum absolute atomic E-state index is 0.172. The Kier molecular flexibility index (Phi) is 4.21. The minimum atomic E-state index is -0.992. The van der Waals surface area contributed by atoms with Crippen molar-refractivity contribution in [1.82, 2.24) is 0 Å². The lowest BCUT2D eigenvalue weighted by molar-refractivity contribution is -0.121. The van der Waals surface area contributed by atoms with E-state index >= 15 is 0 Å². The number of hydrogen-bond donors (Lipinski definition) is 0. The Bertz CT molecular complexity index is 987. The van der Waals surface area contributed by atoms with Crippen LogP contribution in [0.5, 0.6) is 11.5 Å². The molecule has 2 amide bonds. The van der Waals surface area contributed by atoms with Crippen molar-refractivity contribution in [2.45, 2.75) is 19.0 Å². The fraction of sp³-hybridized carbons (Fsp3) is 0.263. The molecule has 2 atom stereocenters. The molecule has 0 radical (unpaired) electrons. The molecule has 1 fully saturated rings. The first-order valence-electron chi connectivity index (χ1n) is 8.51. The highest BCUT2D eigenvalue weighted by molar-refractivity contribution is 6.26. The largest absolute Gasteiger partial charge is 0.497 e. The number of fused-ring (bicyclic) bond motifs is 1. The van der Waals surface area contributed by atoms with Gasteiger partial charge in [-0.2, -0.15) is 5.11 Å². The number of carbonyl (C=O) groups is 2. The van der Waals surface area contributed by atoms with Gasteiger partial charge in [0.15, 0.2) is 12.1 Å². The van der Waals surface area contributed by atoms with Crippen molar-refractivity contribution in [2.24, 2.45) is 10.3 Å². The van der Waals surface area contributed by atoms with E-state index in [9.17, 15) is 14.0 Å². The molecule has 0 saturated carbocycles. The fourth-order valence-electron chi connectivity index (χ4n) is 3.27. The standard InChI is InChI=1S/C19H17FN4O4/c1-10-4-5-11(8-15(10)20)23-18(25)16-17(19(23)26)24(22-21-16)12-6-13(27-2)9-14(7-12)28-3/h4-9,16-17H,1-3H3/t16-,17+/m1/s1. The highest BCUT2D eigenvalue weighted by atomic mass is 19.1. The zero-order valence-corrected chi connectivity index (χ0v) is 15.4. The van der Waals surface area contributed by atoms with Crippen molar-refractivity contribution in [3.05, 3.63) is 47.8 Å². The van der Waals surface area contributed by atoms with Gasteiger partial charge in [0.1, 0.15) is 17.3 Å². The smallest absolute Gasteiger partial charge is 0.263 e. The van der Waals surface area contributed by atoms with Crippen LogP contribution in [-0.4, -0.2) is 38.1 Å². The van der Waals surface area contributed by atoms with E-state index in [1.54, 1.807) is 25.1 Å². The first kappa shape index (κ1) is 17.9. The number of ether oxygens (including phenoxy) is 2. The predicted molar refractivity (Wildman–Crippen MR) is 98.1 cm³/mol. The number of imide groups is 1. The summed E-state index contributed by atoms with van der Waals surface area (Å²) in [7, 11) is 3.01. The molecular formula is C19H17FN4O4. The molecule has 0 spiro atoms. The van der Waals surface area contributed by atoms with Crippen LogP contribution in [0.1, 0.15) is 5.56 Å². The Labute approximate surface area is 160 Å². The van der Waals surface area contributed by atoms with Crippen LogP contribution < -0.4 is 19.4 Å². The zero-order chi connectivity index (χ0) is 20.0. The van der Waals surface area contributed by atoms with E-state index in [-0.39, 0.29) is 5.69 Å². The van der Waals surface area contributed by atoms with Crippen molar-refractivity contribution >= 4 is 23.2 Å². The molecular weight excluding hydrogens is 367 g/mol. The van der Waals surface area contributed by atoms with E-state index in [2.05, 4.69) is 10.3 Å². The van der Waals surface area contributed by atoms with Gasteiger partial charge in [-0.25, -0.2) is 14.3 Å². The van der Waals surface area contributed by atoms with Crippen molar-refractivity contribution in [3.8, 4) is 11.5 Å². The van der Waals surface area contributed by atoms with E-state index in [1.165, 1.54) is 37.4 Å². The maximum atomic E-state index is 14.0. The molecule has 4 rings (SSSR count). The number of methoxy groups -OCH3 is 2. The van der Waals surface area contributed by atoms with Crippen LogP contribution in [0.15, 0.2) is 46.7 Å². The molecule has 2 heterocycles. The third kappa shape index (κ3) is 2.67. The molecule has 0 aliphatic carbocycles. The van der Waals surface area contributed by atoms with E-state index in [0.717, 1.165) is 4.90 Å². The molecule has 8 nitrogen and oxygen atoms in total. The van der Waals surface area contributed by atoms with E-state index < -0.39 is 29.7 Å². The molecule has 9 heteroatoms. The van der Waals surface area contributed by atoms with Crippen LogP contribution in [0.3, 0.4) is 0 Å². The summed E-state index contributed by atoms with van der Waals surface area (Å²) in [5.41, 5.74) is 1.09. The number of aryl methyl sites for hydroxylation is 1. The summed E-state index contributed by atoms with van der Waals surface area (Å²) in [6, 6.07) is 7.28. The van der Waals surface area contributed by atoms with Gasteiger partial charge < -0.3 is 9.47 Å². The molecule has 2 aromatic rings. The Hall–Kier alpha value is -3.49. The van der Waals surface area contributed by atoms with Crippen LogP contribution >= 0.6 is 0 Å². The lowest BCUT2D eigenvalue weighted by Crippen LogP contribution is -2.40. The van der Waals surface area contributed by atoms with Gasteiger partial charge in [-0.15, -0.1) is 0 Å². The lowest BCUT2D eigenvalue weighted by atomic mass is 10.1. The summed E-state index contributed by atoms with van der Waals surface area (Å²) >= 11 is 0. The monoisotopic (exact) mass is 384 g/mol. The van der Waals surface area contributed by atoms with E-state index in [0.29, 0.717) is 22.7 Å². The Morgan fingerprint density at radius 3 is 2.25 bits per heavy atom. The van der Waals surface area contributed by atoms with Gasteiger partial charge in [-0.1, -0.05) is 11.3 Å². The summed E-state index contributed by atoms with van der Waals surface area (Å²) in [6.45, 7) is 1.60. The SMILES string of the molecule is COc1cc(OC)cc(N2N=N[C@H]3C(=O)N(c4ccc(C)c(F)c4)C(=O)[C@H]32)c1. The molecule has 2 aliphatic rings. The molecule has 0 unspecified atom stereocenters. The fourth-order valence-corrected chi connectivity index (χ4v) is 3.27. The van der Waals surface area contributed by atoms with Crippen LogP contribution in [0.2, 0.25) is 0 Å². The summed E-state index contributed by atoms with van der Waals surface area (Å²) in [6.07, 6.45) is 0. The van der Waals surface area contributed by atoms with Gasteiger partial charge in [0.25, 0.3) is 11.8 Å². The number of hydrogen-bond acceptors (Lipinski definition) is 7. The van der Waals surface area contributed by atoms with Crippen LogP contribution in [0, 0.1) is 12.7 Å². The summed E-state index contributed by atoms with van der Waals surface area (Å²) in [5.74, 6) is -0.556. The second kappa shape index (κ2) is 6.59. The van der Waals surface area contributed by atoms with Gasteiger partial charge in [0.2, 0.25) is 0 Å². The maximum absolute atomic E-state index is 14.0. The van der Waals surface area contributed by atoms with Crippen molar-refractivity contribution < 1.29 is 23.5 Å². The molecule has 28 heavy (non-hydrogen) atoms. The van der Waals surface area contributed by atoms with Crippen LogP contribution in [0.4, 0.5) is 15.8 Å². The molecule has 144 valence electrons. The molecule has 0 N–H and O–H groups in total. The second-order valence-corrected chi connectivity index (χ2v) is 6.46. The summed E-state index contributed by atoms with van der Waals surface area (Å²) in [4.78, 5) is 26.8. The lowest BCUT2D eigenvalue weighted by Gasteiger charge is -2.21. The van der Waals surface area contributed by atoms with Crippen LogP contribution in [-0.2, 0) is 9.59 Å². The topological polar surface area (TPSA) is 83.8 Å². The predicted octanol–water partition coefficient (Wildman–Crippen LogP) is 2.65. The van der Waals surface area contributed by atoms with Gasteiger partial charge >= 0.3 is 0 Å². The van der Waals surface area contributed by atoms with Gasteiger partial charge in [0.05, 0.1) is 25.6 Å². The quantitative estimate of drug-likeness (QED) is 0.757. The highest BCUT2D eigenvalue weighted by Crippen LogP contribution is 2.37. The summed E-state index contributed by atoms with van der Waals surface area (Å²) in [5, 5.41) is 9.35. The number of amides is 2. The van der Waals surface area contributed by atoms with Gasteiger partial charge in [0, 0.05) is 18.2 Å². The first-order chi connectivity index (χ1) is 13.4. The Morgan fingerprint density at radius 2 is 1.64 bits per heavy atom. The van der Waals surface area contributed by atoms with Crippen molar-refractivity contribution in [2.75, 3.05) is 24.1 Å². The first-order valence-corrected chi connectivity index (χ1v) is 8.51. The Balaban J connectivity index is 1.71. The number of benzene rings is 2. The molecule has 2 aliphatic heterocycles. The number of nitrogens with zero attached hydrogens (tertiary/aromatic N) is 4. The normalized spacial score (nSPS) is 20.7. The van der Waals surface area contributed by atoms with Crippen molar-refractivity contribution in [3.63, 3.8) is 0 Å². The number of carbonyl (C=O) groups excluding carboxylic acids is 2. The third-order valence-electron chi connectivity index (χ3n) is 4.80. The third-order valence-corrected chi connectivity index (χ3v) is 4.80.